The molecule has 0 aliphatic rings. The Morgan fingerprint density at radius 3 is 2.84 bits per heavy atom. The van der Waals surface area contributed by atoms with Crippen molar-refractivity contribution < 1.29 is 4.92 Å². The summed E-state index contributed by atoms with van der Waals surface area (Å²) in [7, 11) is 0. The molecular weight excluding hydrogens is 244 g/mol. The molecule has 0 fully saturated rings. The van der Waals surface area contributed by atoms with E-state index in [0.29, 0.717) is 12.2 Å². The maximum atomic E-state index is 11.0. The normalized spacial score (nSPS) is 10.6. The molecule has 0 saturated carbocycles. The summed E-state index contributed by atoms with van der Waals surface area (Å²) < 4.78 is 1.62. The molecule has 1 aromatic carbocycles. The van der Waals surface area contributed by atoms with Gasteiger partial charge in [0.05, 0.1) is 11.1 Å². The Bertz CT molecular complexity index is 592. The summed E-state index contributed by atoms with van der Waals surface area (Å²) in [6.45, 7) is 5.53. The summed E-state index contributed by atoms with van der Waals surface area (Å²) in [5.74, 6) is 0. The third kappa shape index (κ3) is 2.63. The van der Waals surface area contributed by atoms with E-state index in [1.165, 1.54) is 6.07 Å². The summed E-state index contributed by atoms with van der Waals surface area (Å²) in [5, 5.41) is 18.5. The number of aromatic nitrogens is 2. The average Bonchev–Trinajstić information content (AvgIpc) is 2.77. The van der Waals surface area contributed by atoms with Gasteiger partial charge in [0.2, 0.25) is 0 Å². The summed E-state index contributed by atoms with van der Waals surface area (Å²) in [6.07, 6.45) is 1.74. The van der Waals surface area contributed by atoms with Crippen LogP contribution in [-0.2, 0) is 6.54 Å². The maximum absolute atomic E-state index is 11.0. The van der Waals surface area contributed by atoms with Crippen molar-refractivity contribution >= 4 is 5.69 Å². The Morgan fingerprint density at radius 2 is 2.16 bits per heavy atom. The molecule has 0 spiro atoms. The Balaban J connectivity index is 2.43. The summed E-state index contributed by atoms with van der Waals surface area (Å²) in [5.41, 5.74) is 2.51. The van der Waals surface area contributed by atoms with Gasteiger partial charge in [-0.3, -0.25) is 10.1 Å². The quantitative estimate of drug-likeness (QED) is 0.660. The van der Waals surface area contributed by atoms with Crippen LogP contribution < -0.4 is 5.32 Å². The van der Waals surface area contributed by atoms with E-state index in [4.69, 9.17) is 0 Å². The molecular formula is C13H16N4O2. The number of nitrogens with zero attached hydrogens (tertiary/aromatic N) is 3. The Morgan fingerprint density at radius 1 is 1.42 bits per heavy atom. The molecule has 1 N–H and O–H groups in total. The van der Waals surface area contributed by atoms with E-state index < -0.39 is 0 Å². The van der Waals surface area contributed by atoms with Crippen molar-refractivity contribution in [3.05, 3.63) is 51.8 Å². The van der Waals surface area contributed by atoms with Gasteiger partial charge in [0.25, 0.3) is 5.69 Å². The fourth-order valence-corrected chi connectivity index (χ4v) is 1.92. The van der Waals surface area contributed by atoms with E-state index in [0.717, 1.165) is 17.8 Å². The smallest absolute Gasteiger partial charge is 0.294 e. The highest BCUT2D eigenvalue weighted by Crippen LogP contribution is 2.23. The number of para-hydroxylation sites is 2. The van der Waals surface area contributed by atoms with Gasteiger partial charge in [-0.05, 0) is 19.5 Å². The fraction of sp³-hybridized carbons (Fsp3) is 0.308. The van der Waals surface area contributed by atoms with Gasteiger partial charge in [0.1, 0.15) is 5.69 Å². The molecule has 0 saturated heterocycles. The van der Waals surface area contributed by atoms with Crippen molar-refractivity contribution in [2.75, 3.05) is 6.54 Å². The molecule has 0 atom stereocenters. The van der Waals surface area contributed by atoms with Gasteiger partial charge in [0.15, 0.2) is 0 Å². The van der Waals surface area contributed by atoms with E-state index in [1.54, 1.807) is 29.1 Å². The lowest BCUT2D eigenvalue weighted by atomic mass is 10.2. The largest absolute Gasteiger partial charge is 0.313 e. The van der Waals surface area contributed by atoms with Crippen LogP contribution in [0.25, 0.3) is 5.69 Å². The first-order chi connectivity index (χ1) is 9.15. The molecule has 1 heterocycles. The Hall–Kier alpha value is -2.21. The van der Waals surface area contributed by atoms with Crippen molar-refractivity contribution in [2.45, 2.75) is 20.4 Å². The number of benzene rings is 1. The molecule has 0 aliphatic carbocycles. The Labute approximate surface area is 111 Å². The zero-order chi connectivity index (χ0) is 13.8. The topological polar surface area (TPSA) is 73.0 Å². The van der Waals surface area contributed by atoms with Crippen LogP contribution in [0.15, 0.2) is 30.5 Å². The zero-order valence-corrected chi connectivity index (χ0v) is 11.0. The van der Waals surface area contributed by atoms with Crippen LogP contribution in [0.3, 0.4) is 0 Å². The zero-order valence-electron chi connectivity index (χ0n) is 11.0. The molecule has 0 radical (unpaired) electrons. The van der Waals surface area contributed by atoms with Crippen LogP contribution in [-0.4, -0.2) is 21.2 Å². The first-order valence-corrected chi connectivity index (χ1v) is 6.13. The van der Waals surface area contributed by atoms with E-state index in [1.807, 2.05) is 13.8 Å². The summed E-state index contributed by atoms with van der Waals surface area (Å²) in [6, 6.07) is 6.61. The molecule has 0 unspecified atom stereocenters. The van der Waals surface area contributed by atoms with Crippen LogP contribution in [0.4, 0.5) is 5.69 Å². The number of nitrogens with one attached hydrogen (secondary N) is 1. The molecule has 2 rings (SSSR count). The van der Waals surface area contributed by atoms with Gasteiger partial charge in [-0.1, -0.05) is 19.1 Å². The second kappa shape index (κ2) is 5.62. The van der Waals surface area contributed by atoms with E-state index >= 15 is 0 Å². The van der Waals surface area contributed by atoms with E-state index in [2.05, 4.69) is 10.4 Å². The standard InChI is InChI=1S/C13H16N4O2/c1-3-14-8-11-9-15-16(10(11)2)12-6-4-5-7-13(12)17(18)19/h4-7,9,14H,3,8H2,1-2H3. The molecule has 0 amide bonds. The monoisotopic (exact) mass is 260 g/mol. The van der Waals surface area contributed by atoms with Crippen LogP contribution in [0.1, 0.15) is 18.2 Å². The van der Waals surface area contributed by atoms with Crippen molar-refractivity contribution in [3.8, 4) is 5.69 Å². The number of hydrogen-bond donors (Lipinski definition) is 1. The Kier molecular flexibility index (Phi) is 3.91. The first kappa shape index (κ1) is 13.2. The second-order valence-corrected chi connectivity index (χ2v) is 4.19. The highest BCUT2D eigenvalue weighted by Gasteiger charge is 2.17. The summed E-state index contributed by atoms with van der Waals surface area (Å²) >= 11 is 0. The number of rotatable bonds is 5. The van der Waals surface area contributed by atoms with Crippen LogP contribution in [0.2, 0.25) is 0 Å². The maximum Gasteiger partial charge on any atom is 0.294 e. The minimum atomic E-state index is -0.388. The minimum absolute atomic E-state index is 0.0590. The molecule has 0 bridgehead atoms. The van der Waals surface area contributed by atoms with Gasteiger partial charge in [-0.15, -0.1) is 0 Å². The van der Waals surface area contributed by atoms with Gasteiger partial charge in [-0.2, -0.15) is 5.10 Å². The van der Waals surface area contributed by atoms with Gasteiger partial charge >= 0.3 is 0 Å². The molecule has 6 heteroatoms. The second-order valence-electron chi connectivity index (χ2n) is 4.19. The third-order valence-corrected chi connectivity index (χ3v) is 2.98. The van der Waals surface area contributed by atoms with Crippen molar-refractivity contribution in [2.24, 2.45) is 0 Å². The summed E-state index contributed by atoms with van der Waals surface area (Å²) in [4.78, 5) is 10.6. The predicted molar refractivity (Wildman–Crippen MR) is 72.3 cm³/mol. The van der Waals surface area contributed by atoms with Crippen LogP contribution in [0.5, 0.6) is 0 Å². The SMILES string of the molecule is CCNCc1cnn(-c2ccccc2[N+](=O)[O-])c1C. The molecule has 1 aromatic heterocycles. The number of hydrogen-bond acceptors (Lipinski definition) is 4. The minimum Gasteiger partial charge on any atom is -0.313 e. The lowest BCUT2D eigenvalue weighted by molar-refractivity contribution is -0.384. The van der Waals surface area contributed by atoms with E-state index in [-0.39, 0.29) is 10.6 Å². The van der Waals surface area contributed by atoms with Gasteiger partial charge in [0, 0.05) is 23.9 Å². The van der Waals surface area contributed by atoms with Crippen LogP contribution in [0, 0.1) is 17.0 Å². The lowest BCUT2D eigenvalue weighted by Gasteiger charge is -2.06. The van der Waals surface area contributed by atoms with Crippen molar-refractivity contribution in [1.82, 2.24) is 15.1 Å². The van der Waals surface area contributed by atoms with Crippen LogP contribution >= 0.6 is 0 Å². The lowest BCUT2D eigenvalue weighted by Crippen LogP contribution is -2.12. The highest BCUT2D eigenvalue weighted by molar-refractivity contribution is 5.52. The van der Waals surface area contributed by atoms with Crippen molar-refractivity contribution in [1.29, 1.82) is 0 Å². The highest BCUT2D eigenvalue weighted by atomic mass is 16.6. The molecule has 2 aromatic rings. The number of nitro groups is 1. The third-order valence-electron chi connectivity index (χ3n) is 2.98. The van der Waals surface area contributed by atoms with Gasteiger partial charge < -0.3 is 5.32 Å². The fourth-order valence-electron chi connectivity index (χ4n) is 1.92. The van der Waals surface area contributed by atoms with Gasteiger partial charge in [-0.25, -0.2) is 4.68 Å². The number of nitro benzene ring substituents is 1. The molecule has 0 aliphatic heterocycles. The molecule has 6 nitrogen and oxygen atoms in total. The molecule has 19 heavy (non-hydrogen) atoms. The predicted octanol–water partition coefficient (Wildman–Crippen LogP) is 2.20. The van der Waals surface area contributed by atoms with Crippen molar-refractivity contribution in [3.63, 3.8) is 0 Å². The van der Waals surface area contributed by atoms with E-state index in [9.17, 15) is 10.1 Å². The average molecular weight is 260 g/mol. The first-order valence-electron chi connectivity index (χ1n) is 6.13. The molecule has 100 valence electrons.